The summed E-state index contributed by atoms with van der Waals surface area (Å²) in [7, 11) is 0. The van der Waals surface area contributed by atoms with Gasteiger partial charge in [-0.3, -0.25) is 15.3 Å². The number of halogens is 1. The normalized spacial score (nSPS) is 19.2. The van der Waals surface area contributed by atoms with Crippen molar-refractivity contribution in [3.8, 4) is 0 Å². The van der Waals surface area contributed by atoms with Crippen molar-refractivity contribution in [2.24, 2.45) is 0 Å². The minimum absolute atomic E-state index is 0.178. The van der Waals surface area contributed by atoms with E-state index in [0.29, 0.717) is 6.61 Å². The Balaban J connectivity index is 1.88. The van der Waals surface area contributed by atoms with Crippen LogP contribution in [-0.4, -0.2) is 35.0 Å². The highest BCUT2D eigenvalue weighted by atomic mass is 79.9. The summed E-state index contributed by atoms with van der Waals surface area (Å²) in [6.45, 7) is 4.06. The SMILES string of the molecule is CC(C)(O)COC[C@@H]1C=C(c2ccc(Br)cn2)NO1. The second-order valence-corrected chi connectivity index (χ2v) is 5.94. The van der Waals surface area contributed by atoms with Crippen molar-refractivity contribution in [1.29, 1.82) is 0 Å². The highest BCUT2D eigenvalue weighted by Gasteiger charge is 2.20. The fraction of sp³-hybridized carbons (Fsp3) is 0.462. The molecule has 0 aromatic carbocycles. The van der Waals surface area contributed by atoms with Crippen LogP contribution in [-0.2, 0) is 9.57 Å². The molecule has 0 unspecified atom stereocenters. The molecule has 104 valence electrons. The van der Waals surface area contributed by atoms with Gasteiger partial charge < -0.3 is 9.84 Å². The highest BCUT2D eigenvalue weighted by Crippen LogP contribution is 2.18. The number of rotatable bonds is 5. The number of hydroxylamine groups is 1. The minimum atomic E-state index is -0.828. The Kier molecular flexibility index (Phi) is 4.57. The fourth-order valence-corrected chi connectivity index (χ4v) is 1.81. The summed E-state index contributed by atoms with van der Waals surface area (Å²) in [5, 5.41) is 9.54. The third kappa shape index (κ3) is 4.58. The Morgan fingerprint density at radius 2 is 2.32 bits per heavy atom. The van der Waals surface area contributed by atoms with Crippen molar-refractivity contribution in [3.05, 3.63) is 34.6 Å². The standard InChI is InChI=1S/C13H17BrN2O3/c1-13(2,17)8-18-7-10-5-12(16-19-10)11-4-3-9(14)6-15-11/h3-6,10,16-17H,7-8H2,1-2H3/t10-/m0/s1. The van der Waals surface area contributed by atoms with Crippen LogP contribution in [0.3, 0.4) is 0 Å². The molecule has 1 atom stereocenters. The van der Waals surface area contributed by atoms with E-state index >= 15 is 0 Å². The van der Waals surface area contributed by atoms with Gasteiger partial charge in [0, 0.05) is 10.7 Å². The van der Waals surface area contributed by atoms with E-state index < -0.39 is 5.60 Å². The first-order valence-corrected chi connectivity index (χ1v) is 6.79. The van der Waals surface area contributed by atoms with Gasteiger partial charge in [-0.2, -0.15) is 0 Å². The Labute approximate surface area is 120 Å². The molecule has 1 aliphatic rings. The van der Waals surface area contributed by atoms with Crippen LogP contribution >= 0.6 is 15.9 Å². The number of nitrogens with one attached hydrogen (secondary N) is 1. The Morgan fingerprint density at radius 1 is 1.53 bits per heavy atom. The summed E-state index contributed by atoms with van der Waals surface area (Å²) in [5.41, 5.74) is 3.64. The molecule has 2 rings (SSSR count). The average molecular weight is 329 g/mol. The second-order valence-electron chi connectivity index (χ2n) is 5.03. The molecule has 5 nitrogen and oxygen atoms in total. The lowest BCUT2D eigenvalue weighted by Gasteiger charge is -2.17. The first kappa shape index (κ1) is 14.5. The Morgan fingerprint density at radius 3 is 2.95 bits per heavy atom. The molecular formula is C13H17BrN2O3. The smallest absolute Gasteiger partial charge is 0.129 e. The second kappa shape index (κ2) is 6.00. The molecule has 0 radical (unpaired) electrons. The van der Waals surface area contributed by atoms with Gasteiger partial charge in [0.25, 0.3) is 0 Å². The van der Waals surface area contributed by atoms with Gasteiger partial charge in [-0.1, -0.05) is 0 Å². The molecule has 0 amide bonds. The lowest BCUT2D eigenvalue weighted by molar-refractivity contribution is -0.0588. The first-order chi connectivity index (χ1) is 8.94. The van der Waals surface area contributed by atoms with E-state index in [1.54, 1.807) is 20.0 Å². The van der Waals surface area contributed by atoms with Crippen molar-refractivity contribution in [2.45, 2.75) is 25.6 Å². The molecule has 1 aromatic heterocycles. The van der Waals surface area contributed by atoms with Crippen molar-refractivity contribution >= 4 is 21.6 Å². The molecule has 0 spiro atoms. The number of hydrogen-bond acceptors (Lipinski definition) is 5. The van der Waals surface area contributed by atoms with E-state index in [-0.39, 0.29) is 12.7 Å². The van der Waals surface area contributed by atoms with Gasteiger partial charge in [0.15, 0.2) is 0 Å². The topological polar surface area (TPSA) is 63.6 Å². The molecule has 19 heavy (non-hydrogen) atoms. The number of hydrogen-bond donors (Lipinski definition) is 2. The molecule has 6 heteroatoms. The van der Waals surface area contributed by atoms with Crippen molar-refractivity contribution in [1.82, 2.24) is 10.5 Å². The molecule has 1 aromatic rings. The van der Waals surface area contributed by atoms with Crippen LogP contribution in [0.4, 0.5) is 0 Å². The van der Waals surface area contributed by atoms with Crippen LogP contribution in [0.2, 0.25) is 0 Å². The largest absolute Gasteiger partial charge is 0.388 e. The molecule has 0 bridgehead atoms. The summed E-state index contributed by atoms with van der Waals surface area (Å²) in [6.07, 6.45) is 3.47. The third-order valence-corrected chi connectivity index (χ3v) is 2.88. The van der Waals surface area contributed by atoms with Crippen molar-refractivity contribution in [2.75, 3.05) is 13.2 Å². The van der Waals surface area contributed by atoms with E-state index in [0.717, 1.165) is 15.9 Å². The molecule has 0 aliphatic carbocycles. The zero-order chi connectivity index (χ0) is 13.9. The van der Waals surface area contributed by atoms with Gasteiger partial charge in [0.1, 0.15) is 6.10 Å². The molecule has 1 aliphatic heterocycles. The maximum absolute atomic E-state index is 9.54. The van der Waals surface area contributed by atoms with E-state index in [2.05, 4.69) is 26.4 Å². The van der Waals surface area contributed by atoms with Crippen molar-refractivity contribution in [3.63, 3.8) is 0 Å². The highest BCUT2D eigenvalue weighted by molar-refractivity contribution is 9.10. The van der Waals surface area contributed by atoms with Crippen LogP contribution in [0.15, 0.2) is 28.9 Å². The zero-order valence-electron chi connectivity index (χ0n) is 10.9. The first-order valence-electron chi connectivity index (χ1n) is 5.99. The predicted octanol–water partition coefficient (Wildman–Crippen LogP) is 1.88. The average Bonchev–Trinajstić information content (AvgIpc) is 2.77. The molecular weight excluding hydrogens is 312 g/mol. The Bertz CT molecular complexity index is 454. The maximum atomic E-state index is 9.54. The lowest BCUT2D eigenvalue weighted by Crippen LogP contribution is -2.28. The molecule has 2 N–H and O–H groups in total. The Hall–Kier alpha value is -0.950. The monoisotopic (exact) mass is 328 g/mol. The lowest BCUT2D eigenvalue weighted by atomic mass is 10.2. The van der Waals surface area contributed by atoms with Crippen LogP contribution in [0.25, 0.3) is 5.70 Å². The van der Waals surface area contributed by atoms with Crippen LogP contribution < -0.4 is 5.48 Å². The summed E-state index contributed by atoms with van der Waals surface area (Å²) in [5.74, 6) is 0. The van der Waals surface area contributed by atoms with Crippen LogP contribution in [0.5, 0.6) is 0 Å². The summed E-state index contributed by atoms with van der Waals surface area (Å²) in [4.78, 5) is 9.64. The maximum Gasteiger partial charge on any atom is 0.129 e. The predicted molar refractivity (Wildman–Crippen MR) is 75.0 cm³/mol. The zero-order valence-corrected chi connectivity index (χ0v) is 12.5. The number of aromatic nitrogens is 1. The number of pyridine rings is 1. The number of ether oxygens (including phenoxy) is 1. The molecule has 0 fully saturated rings. The molecule has 0 saturated heterocycles. The van der Waals surface area contributed by atoms with Crippen molar-refractivity contribution < 1.29 is 14.7 Å². The third-order valence-electron chi connectivity index (χ3n) is 2.41. The van der Waals surface area contributed by atoms with Crippen LogP contribution in [0.1, 0.15) is 19.5 Å². The summed E-state index contributed by atoms with van der Waals surface area (Å²) < 4.78 is 6.33. The minimum Gasteiger partial charge on any atom is -0.388 e. The van der Waals surface area contributed by atoms with Gasteiger partial charge in [0.05, 0.1) is 30.2 Å². The van der Waals surface area contributed by atoms with Gasteiger partial charge in [0.2, 0.25) is 0 Å². The summed E-state index contributed by atoms with van der Waals surface area (Å²) in [6, 6.07) is 3.81. The fourth-order valence-electron chi connectivity index (χ4n) is 1.57. The van der Waals surface area contributed by atoms with E-state index in [9.17, 15) is 5.11 Å². The van der Waals surface area contributed by atoms with E-state index in [4.69, 9.17) is 9.57 Å². The van der Waals surface area contributed by atoms with Gasteiger partial charge in [-0.15, -0.1) is 0 Å². The summed E-state index contributed by atoms with van der Waals surface area (Å²) >= 11 is 3.34. The van der Waals surface area contributed by atoms with Crippen LogP contribution in [0, 0.1) is 0 Å². The van der Waals surface area contributed by atoms with Gasteiger partial charge >= 0.3 is 0 Å². The molecule has 2 heterocycles. The van der Waals surface area contributed by atoms with Gasteiger partial charge in [-0.05, 0) is 48.0 Å². The van der Waals surface area contributed by atoms with E-state index in [1.807, 2.05) is 18.2 Å². The van der Waals surface area contributed by atoms with Gasteiger partial charge in [-0.25, -0.2) is 0 Å². The number of nitrogens with zero attached hydrogens (tertiary/aromatic N) is 1. The van der Waals surface area contributed by atoms with E-state index in [1.165, 1.54) is 0 Å². The number of aliphatic hydroxyl groups is 1. The quantitative estimate of drug-likeness (QED) is 0.864. The molecule has 0 saturated carbocycles.